The van der Waals surface area contributed by atoms with Crippen LogP contribution in [0.3, 0.4) is 0 Å². The van der Waals surface area contributed by atoms with Gasteiger partial charge >= 0.3 is 0 Å². The summed E-state index contributed by atoms with van der Waals surface area (Å²) in [5.41, 5.74) is 8.92. The molecule has 2 atom stereocenters. The average Bonchev–Trinajstić information content (AvgIpc) is 2.95. The van der Waals surface area contributed by atoms with Crippen molar-refractivity contribution in [2.24, 2.45) is 11.7 Å². The van der Waals surface area contributed by atoms with Crippen LogP contribution in [0, 0.1) is 5.92 Å². The van der Waals surface area contributed by atoms with Gasteiger partial charge in [0.1, 0.15) is 0 Å². The van der Waals surface area contributed by atoms with Crippen molar-refractivity contribution in [3.63, 3.8) is 0 Å². The molecule has 2 aromatic rings. The lowest BCUT2D eigenvalue weighted by atomic mass is 10.0. The molecule has 3 rings (SSSR count). The maximum absolute atomic E-state index is 12.4. The zero-order chi connectivity index (χ0) is 14.7. The summed E-state index contributed by atoms with van der Waals surface area (Å²) < 4.78 is 0. The molecule has 1 saturated carbocycles. The number of rotatable bonds is 3. The monoisotopic (exact) mass is 280 g/mol. The largest absolute Gasteiger partial charge is 0.328 e. The Kier molecular flexibility index (Phi) is 4.02. The molecular formula is C18H20N2O. The Bertz CT molecular complexity index is 624. The predicted octanol–water partition coefficient (Wildman–Crippen LogP) is 3.42. The van der Waals surface area contributed by atoms with Gasteiger partial charge in [-0.1, -0.05) is 48.5 Å². The Morgan fingerprint density at radius 1 is 1.00 bits per heavy atom. The number of amides is 1. The summed E-state index contributed by atoms with van der Waals surface area (Å²) in [4.78, 5) is 12.4. The molecule has 0 radical (unpaired) electrons. The third-order valence-corrected chi connectivity index (χ3v) is 4.11. The zero-order valence-electron chi connectivity index (χ0n) is 12.0. The number of carbonyl (C=O) groups is 1. The number of hydrogen-bond acceptors (Lipinski definition) is 2. The summed E-state index contributed by atoms with van der Waals surface area (Å²) in [7, 11) is 0. The smallest absolute Gasteiger partial charge is 0.227 e. The van der Waals surface area contributed by atoms with Gasteiger partial charge in [-0.05, 0) is 30.9 Å². The lowest BCUT2D eigenvalue weighted by Gasteiger charge is -2.14. The molecule has 0 heterocycles. The second-order valence-electron chi connectivity index (χ2n) is 5.67. The molecule has 3 heteroatoms. The van der Waals surface area contributed by atoms with Gasteiger partial charge in [-0.25, -0.2) is 0 Å². The van der Waals surface area contributed by atoms with Gasteiger partial charge in [0.05, 0.1) is 0 Å². The van der Waals surface area contributed by atoms with Crippen LogP contribution in [0.25, 0.3) is 11.1 Å². The Morgan fingerprint density at radius 2 is 1.71 bits per heavy atom. The number of anilines is 1. The van der Waals surface area contributed by atoms with Gasteiger partial charge in [-0.3, -0.25) is 4.79 Å². The second kappa shape index (κ2) is 6.10. The van der Waals surface area contributed by atoms with Gasteiger partial charge in [0.25, 0.3) is 0 Å². The fraction of sp³-hybridized carbons (Fsp3) is 0.278. The molecule has 1 fully saturated rings. The van der Waals surface area contributed by atoms with E-state index >= 15 is 0 Å². The quantitative estimate of drug-likeness (QED) is 0.905. The van der Waals surface area contributed by atoms with Gasteiger partial charge < -0.3 is 11.1 Å². The first-order valence-electron chi connectivity index (χ1n) is 7.45. The third kappa shape index (κ3) is 3.14. The normalized spacial score (nSPS) is 21.2. The van der Waals surface area contributed by atoms with Crippen molar-refractivity contribution in [2.45, 2.75) is 25.3 Å². The zero-order valence-corrected chi connectivity index (χ0v) is 12.0. The first-order valence-corrected chi connectivity index (χ1v) is 7.45. The van der Waals surface area contributed by atoms with E-state index in [1.807, 2.05) is 42.5 Å². The molecule has 1 aliphatic carbocycles. The Labute approximate surface area is 125 Å². The molecule has 0 aliphatic heterocycles. The van der Waals surface area contributed by atoms with E-state index in [2.05, 4.69) is 17.4 Å². The van der Waals surface area contributed by atoms with Crippen molar-refractivity contribution in [2.75, 3.05) is 5.32 Å². The molecular weight excluding hydrogens is 260 g/mol. The minimum absolute atomic E-state index is 0.0452. The maximum Gasteiger partial charge on any atom is 0.227 e. The number of carbonyl (C=O) groups excluding carboxylic acids is 1. The van der Waals surface area contributed by atoms with Crippen LogP contribution >= 0.6 is 0 Å². The second-order valence-corrected chi connectivity index (χ2v) is 5.67. The van der Waals surface area contributed by atoms with E-state index in [1.165, 1.54) is 0 Å². The lowest BCUT2D eigenvalue weighted by molar-refractivity contribution is -0.119. The Hall–Kier alpha value is -2.13. The van der Waals surface area contributed by atoms with Crippen molar-refractivity contribution in [1.82, 2.24) is 0 Å². The lowest BCUT2D eigenvalue weighted by Crippen LogP contribution is -2.23. The van der Waals surface area contributed by atoms with E-state index in [4.69, 9.17) is 5.73 Å². The summed E-state index contributed by atoms with van der Waals surface area (Å²) in [6.45, 7) is 0. The number of nitrogens with one attached hydrogen (secondary N) is 1. The van der Waals surface area contributed by atoms with Gasteiger partial charge in [-0.2, -0.15) is 0 Å². The average molecular weight is 280 g/mol. The molecule has 3 N–H and O–H groups in total. The molecule has 21 heavy (non-hydrogen) atoms. The van der Waals surface area contributed by atoms with E-state index in [0.29, 0.717) is 0 Å². The maximum atomic E-state index is 12.4. The van der Waals surface area contributed by atoms with Crippen molar-refractivity contribution >= 4 is 11.6 Å². The highest BCUT2D eigenvalue weighted by molar-refractivity contribution is 5.96. The van der Waals surface area contributed by atoms with Crippen LogP contribution in [0.1, 0.15) is 19.3 Å². The molecule has 1 aliphatic rings. The molecule has 1 amide bonds. The molecule has 3 nitrogen and oxygen atoms in total. The van der Waals surface area contributed by atoms with E-state index in [0.717, 1.165) is 36.1 Å². The first kappa shape index (κ1) is 13.8. The van der Waals surface area contributed by atoms with Gasteiger partial charge in [-0.15, -0.1) is 0 Å². The minimum Gasteiger partial charge on any atom is -0.328 e. The summed E-state index contributed by atoms with van der Waals surface area (Å²) in [5, 5.41) is 3.08. The van der Waals surface area contributed by atoms with Crippen LogP contribution < -0.4 is 11.1 Å². The topological polar surface area (TPSA) is 55.1 Å². The van der Waals surface area contributed by atoms with Crippen LogP contribution in [-0.2, 0) is 4.79 Å². The van der Waals surface area contributed by atoms with Crippen LogP contribution in [0.2, 0.25) is 0 Å². The molecule has 0 unspecified atom stereocenters. The number of hydrogen-bond donors (Lipinski definition) is 2. The highest BCUT2D eigenvalue weighted by Gasteiger charge is 2.28. The van der Waals surface area contributed by atoms with E-state index in [-0.39, 0.29) is 17.9 Å². The van der Waals surface area contributed by atoms with Crippen LogP contribution in [0.15, 0.2) is 54.6 Å². The standard InChI is InChI=1S/C18H20N2O/c19-15-11-10-14(12-15)18(21)20-17-9-5-4-8-16(17)13-6-2-1-3-7-13/h1-9,14-15H,10-12,19H2,(H,20,21)/t14-,15-/m0/s1. The van der Waals surface area contributed by atoms with E-state index in [1.54, 1.807) is 0 Å². The van der Waals surface area contributed by atoms with Crippen molar-refractivity contribution < 1.29 is 4.79 Å². The number of para-hydroxylation sites is 1. The van der Waals surface area contributed by atoms with Crippen LogP contribution in [-0.4, -0.2) is 11.9 Å². The van der Waals surface area contributed by atoms with Crippen molar-refractivity contribution in [1.29, 1.82) is 0 Å². The summed E-state index contributed by atoms with van der Waals surface area (Å²) >= 11 is 0. The van der Waals surface area contributed by atoms with E-state index in [9.17, 15) is 4.79 Å². The number of benzene rings is 2. The van der Waals surface area contributed by atoms with Gasteiger partial charge in [0, 0.05) is 23.2 Å². The summed E-state index contributed by atoms with van der Waals surface area (Å²) in [6.07, 6.45) is 2.62. The summed E-state index contributed by atoms with van der Waals surface area (Å²) in [5.74, 6) is 0.134. The van der Waals surface area contributed by atoms with E-state index < -0.39 is 0 Å². The Balaban J connectivity index is 1.81. The molecule has 2 aromatic carbocycles. The minimum atomic E-state index is 0.0452. The first-order chi connectivity index (χ1) is 10.2. The van der Waals surface area contributed by atoms with Crippen molar-refractivity contribution in [3.05, 3.63) is 54.6 Å². The fourth-order valence-electron chi connectivity index (χ4n) is 2.95. The fourth-order valence-corrected chi connectivity index (χ4v) is 2.95. The SMILES string of the molecule is N[C@H]1CC[C@H](C(=O)Nc2ccccc2-c2ccccc2)C1. The molecule has 0 bridgehead atoms. The van der Waals surface area contributed by atoms with Gasteiger partial charge in [0.15, 0.2) is 0 Å². The molecule has 108 valence electrons. The van der Waals surface area contributed by atoms with Crippen molar-refractivity contribution in [3.8, 4) is 11.1 Å². The van der Waals surface area contributed by atoms with Crippen LogP contribution in [0.5, 0.6) is 0 Å². The van der Waals surface area contributed by atoms with Gasteiger partial charge in [0.2, 0.25) is 5.91 Å². The molecule has 0 aromatic heterocycles. The van der Waals surface area contributed by atoms with Crippen LogP contribution in [0.4, 0.5) is 5.69 Å². The highest BCUT2D eigenvalue weighted by atomic mass is 16.1. The predicted molar refractivity (Wildman–Crippen MR) is 85.8 cm³/mol. The highest BCUT2D eigenvalue weighted by Crippen LogP contribution is 2.30. The number of nitrogens with two attached hydrogens (primary N) is 1. The Morgan fingerprint density at radius 3 is 2.43 bits per heavy atom. The third-order valence-electron chi connectivity index (χ3n) is 4.11. The summed E-state index contributed by atoms with van der Waals surface area (Å²) in [6, 6.07) is 18.2. The molecule has 0 saturated heterocycles. The molecule has 0 spiro atoms.